The van der Waals surface area contributed by atoms with Crippen LogP contribution in [0.4, 0.5) is 0 Å². The Morgan fingerprint density at radius 2 is 0.510 bits per heavy atom. The zero-order valence-corrected chi connectivity index (χ0v) is 67.3. The number of rotatable bonds is 80. The first kappa shape index (κ1) is 98.1. The van der Waals surface area contributed by atoms with Gasteiger partial charge in [0.2, 0.25) is 0 Å². The minimum atomic E-state index is -4.96. The highest BCUT2D eigenvalue weighted by atomic mass is 31.2. The van der Waals surface area contributed by atoms with Crippen molar-refractivity contribution in [2.24, 2.45) is 11.8 Å². The van der Waals surface area contributed by atoms with Gasteiger partial charge in [-0.25, -0.2) is 9.13 Å². The van der Waals surface area contributed by atoms with Gasteiger partial charge in [-0.15, -0.1) is 0 Å². The van der Waals surface area contributed by atoms with Gasteiger partial charge in [0, 0.05) is 25.7 Å². The van der Waals surface area contributed by atoms with Crippen LogP contribution >= 0.6 is 15.6 Å². The lowest BCUT2D eigenvalue weighted by molar-refractivity contribution is -0.161. The van der Waals surface area contributed by atoms with Crippen LogP contribution in [0.5, 0.6) is 0 Å². The number of carbonyl (C=O) groups is 4. The van der Waals surface area contributed by atoms with Crippen molar-refractivity contribution in [2.75, 3.05) is 39.6 Å². The van der Waals surface area contributed by atoms with Crippen molar-refractivity contribution < 1.29 is 80.2 Å². The average Bonchev–Trinajstić information content (AvgIpc) is 0.962. The zero-order valence-electron chi connectivity index (χ0n) is 65.5. The molecule has 0 spiro atoms. The van der Waals surface area contributed by atoms with Crippen molar-refractivity contribution in [3.63, 3.8) is 0 Å². The molecule has 19 heteroatoms. The highest BCUT2D eigenvalue weighted by Crippen LogP contribution is 2.45. The summed E-state index contributed by atoms with van der Waals surface area (Å²) in [5.41, 5.74) is 0. The van der Waals surface area contributed by atoms with Gasteiger partial charge < -0.3 is 33.8 Å². The largest absolute Gasteiger partial charge is 0.472 e. The van der Waals surface area contributed by atoms with E-state index in [1.54, 1.807) is 0 Å². The van der Waals surface area contributed by atoms with Crippen molar-refractivity contribution in [1.29, 1.82) is 0 Å². The molecule has 0 radical (unpaired) electrons. The normalized spacial score (nSPS) is 14.2. The SMILES string of the molecule is CCCCCCCCCCCCCCCCCCCCCCC(=O)O[C@H](COC(=O)CCCCCCCCCCCCCCCCC(C)CC)COP(=O)(O)OC[C@@H](O)COP(=O)(O)OC[C@@H](COC(=O)CCCCCCC)OC(=O)CCCCCCCCCCCCCCCCC(C)C. The molecule has 0 aromatic heterocycles. The van der Waals surface area contributed by atoms with Gasteiger partial charge in [-0.2, -0.15) is 0 Å². The van der Waals surface area contributed by atoms with Crippen molar-refractivity contribution in [3.05, 3.63) is 0 Å². The van der Waals surface area contributed by atoms with Gasteiger partial charge in [0.15, 0.2) is 12.2 Å². The Labute approximate surface area is 613 Å². The van der Waals surface area contributed by atoms with Crippen molar-refractivity contribution in [1.82, 2.24) is 0 Å². The Morgan fingerprint density at radius 1 is 0.290 bits per heavy atom. The first-order valence-corrected chi connectivity index (χ1v) is 45.0. The fourth-order valence-electron chi connectivity index (χ4n) is 12.5. The summed E-state index contributed by atoms with van der Waals surface area (Å²) in [7, 11) is -9.91. The van der Waals surface area contributed by atoms with E-state index in [0.29, 0.717) is 25.7 Å². The summed E-state index contributed by atoms with van der Waals surface area (Å²) in [6.45, 7) is 9.62. The molecule has 0 aromatic carbocycles. The van der Waals surface area contributed by atoms with E-state index in [2.05, 4.69) is 41.5 Å². The maximum atomic E-state index is 13.1. The maximum Gasteiger partial charge on any atom is 0.472 e. The molecule has 100 heavy (non-hydrogen) atoms. The van der Waals surface area contributed by atoms with E-state index in [4.69, 9.17) is 37.0 Å². The molecule has 0 heterocycles. The monoisotopic (exact) mass is 1470 g/mol. The minimum absolute atomic E-state index is 0.107. The number of phosphoric ester groups is 2. The first-order chi connectivity index (χ1) is 48.4. The summed E-state index contributed by atoms with van der Waals surface area (Å²) >= 11 is 0. The van der Waals surface area contributed by atoms with Gasteiger partial charge >= 0.3 is 39.5 Å². The molecule has 0 bridgehead atoms. The molecular weight excluding hydrogens is 1310 g/mol. The van der Waals surface area contributed by atoms with Gasteiger partial charge in [-0.1, -0.05) is 375 Å². The van der Waals surface area contributed by atoms with E-state index in [-0.39, 0.29) is 25.7 Å². The maximum absolute atomic E-state index is 13.1. The first-order valence-electron chi connectivity index (χ1n) is 42.0. The second-order valence-electron chi connectivity index (χ2n) is 29.9. The average molecular weight is 1470 g/mol. The molecule has 0 rings (SSSR count). The molecule has 0 fully saturated rings. The topological polar surface area (TPSA) is 237 Å². The molecule has 0 aliphatic carbocycles. The molecular formula is C81H158O17P2. The van der Waals surface area contributed by atoms with Crippen LogP contribution in [-0.2, 0) is 65.4 Å². The van der Waals surface area contributed by atoms with Crippen LogP contribution in [0, 0.1) is 11.8 Å². The van der Waals surface area contributed by atoms with Crippen molar-refractivity contribution >= 4 is 39.5 Å². The second kappa shape index (κ2) is 72.6. The standard InChI is InChI=1S/C81H158O17P2/c1-7-10-12-14-15-16-17-18-19-20-21-22-23-24-32-37-42-47-53-60-66-81(86)98-77(70-92-79(84)64-58-52-46-41-36-31-28-26-30-35-40-45-51-56-62-74(6)9-3)72-96-100(89,90)94-68-75(82)67-93-99(87,88)95-71-76(69-91-78(83)63-57-49-13-11-8-2)97-80(85)65-59-54-48-43-38-33-27-25-29-34-39-44-50-55-61-73(4)5/h73-77,82H,7-72H2,1-6H3,(H,87,88)(H,89,90)/t74?,75-,76+,77+/m0/s1. The smallest absolute Gasteiger partial charge is 0.462 e. The Bertz CT molecular complexity index is 1930. The van der Waals surface area contributed by atoms with Gasteiger partial charge in [-0.05, 0) is 37.5 Å². The Kier molecular flexibility index (Phi) is 71.2. The fourth-order valence-corrected chi connectivity index (χ4v) is 14.1. The summed E-state index contributed by atoms with van der Waals surface area (Å²) < 4.78 is 68.5. The van der Waals surface area contributed by atoms with E-state index >= 15 is 0 Å². The lowest BCUT2D eigenvalue weighted by Crippen LogP contribution is -2.30. The Hall–Kier alpha value is -1.94. The summed E-state index contributed by atoms with van der Waals surface area (Å²) in [6, 6.07) is 0. The van der Waals surface area contributed by atoms with Crippen LogP contribution in [0.25, 0.3) is 0 Å². The molecule has 6 atom stereocenters. The molecule has 0 aliphatic heterocycles. The third-order valence-electron chi connectivity index (χ3n) is 19.3. The minimum Gasteiger partial charge on any atom is -0.462 e. The van der Waals surface area contributed by atoms with Crippen LogP contribution < -0.4 is 0 Å². The molecule has 3 unspecified atom stereocenters. The lowest BCUT2D eigenvalue weighted by atomic mass is 9.99. The molecule has 594 valence electrons. The molecule has 0 saturated heterocycles. The number of unbranched alkanes of at least 4 members (excludes halogenated alkanes) is 49. The lowest BCUT2D eigenvalue weighted by Gasteiger charge is -2.21. The number of ether oxygens (including phenoxy) is 4. The number of hydrogen-bond donors (Lipinski definition) is 3. The summed E-state index contributed by atoms with van der Waals surface area (Å²) in [4.78, 5) is 72.7. The summed E-state index contributed by atoms with van der Waals surface area (Å²) in [5.74, 6) is -0.475. The third-order valence-corrected chi connectivity index (χ3v) is 21.2. The predicted molar refractivity (Wildman–Crippen MR) is 409 cm³/mol. The van der Waals surface area contributed by atoms with Crippen LogP contribution in [0.15, 0.2) is 0 Å². The van der Waals surface area contributed by atoms with Crippen LogP contribution in [0.3, 0.4) is 0 Å². The number of hydrogen-bond acceptors (Lipinski definition) is 15. The zero-order chi connectivity index (χ0) is 73.5. The highest BCUT2D eigenvalue weighted by Gasteiger charge is 2.30. The van der Waals surface area contributed by atoms with Gasteiger partial charge in [-0.3, -0.25) is 37.3 Å². The second-order valence-corrected chi connectivity index (χ2v) is 32.8. The van der Waals surface area contributed by atoms with E-state index in [1.807, 2.05) is 0 Å². The van der Waals surface area contributed by atoms with Gasteiger partial charge in [0.25, 0.3) is 0 Å². The Morgan fingerprint density at radius 3 is 0.760 bits per heavy atom. The molecule has 0 amide bonds. The number of aliphatic hydroxyl groups is 1. The van der Waals surface area contributed by atoms with E-state index in [0.717, 1.165) is 108 Å². The molecule has 0 aliphatic rings. The van der Waals surface area contributed by atoms with Crippen molar-refractivity contribution in [2.45, 2.75) is 445 Å². The van der Waals surface area contributed by atoms with Gasteiger partial charge in [0.05, 0.1) is 26.4 Å². The summed E-state index contributed by atoms with van der Waals surface area (Å²) in [5, 5.41) is 10.6. The highest BCUT2D eigenvalue weighted by molar-refractivity contribution is 7.47. The molecule has 0 aromatic rings. The van der Waals surface area contributed by atoms with Crippen LogP contribution in [0.1, 0.15) is 427 Å². The van der Waals surface area contributed by atoms with Crippen LogP contribution in [-0.4, -0.2) is 96.7 Å². The predicted octanol–water partition coefficient (Wildman–Crippen LogP) is 24.3. The number of carbonyl (C=O) groups excluding carboxylic acids is 4. The quantitative estimate of drug-likeness (QED) is 0.0222. The molecule has 17 nitrogen and oxygen atoms in total. The van der Waals surface area contributed by atoms with Gasteiger partial charge in [0.1, 0.15) is 19.3 Å². The Balaban J connectivity index is 5.12. The number of esters is 4. The van der Waals surface area contributed by atoms with E-state index in [9.17, 15) is 43.2 Å². The number of aliphatic hydroxyl groups excluding tert-OH is 1. The van der Waals surface area contributed by atoms with E-state index in [1.165, 1.54) is 238 Å². The van der Waals surface area contributed by atoms with Crippen molar-refractivity contribution in [3.8, 4) is 0 Å². The third kappa shape index (κ3) is 73.0. The number of phosphoric acid groups is 2. The molecule has 3 N–H and O–H groups in total. The summed E-state index contributed by atoms with van der Waals surface area (Å²) in [6.07, 6.45) is 62.9. The molecule has 0 saturated carbocycles. The fraction of sp³-hybridized carbons (Fsp3) is 0.951. The van der Waals surface area contributed by atoms with Crippen LogP contribution in [0.2, 0.25) is 0 Å². The van der Waals surface area contributed by atoms with E-state index < -0.39 is 97.5 Å².